The summed E-state index contributed by atoms with van der Waals surface area (Å²) in [6, 6.07) is 3.98. The van der Waals surface area contributed by atoms with Crippen molar-refractivity contribution in [3.05, 3.63) is 30.1 Å². The van der Waals surface area contributed by atoms with Gasteiger partial charge in [0.25, 0.3) is 0 Å². The molecule has 2 rings (SSSR count). The van der Waals surface area contributed by atoms with Crippen LogP contribution in [0.3, 0.4) is 0 Å². The zero-order valence-electron chi connectivity index (χ0n) is 11.2. The molecule has 100 valence electrons. The molecule has 1 aliphatic rings. The van der Waals surface area contributed by atoms with Crippen LogP contribution in [0.25, 0.3) is 0 Å². The number of ether oxygens (including phenoxy) is 1. The molecule has 1 heterocycles. The molecule has 0 spiro atoms. The molecule has 1 aliphatic carbocycles. The smallest absolute Gasteiger partial charge is 0.0987 e. The molecule has 0 bridgehead atoms. The third-order valence-corrected chi connectivity index (χ3v) is 3.73. The predicted octanol–water partition coefficient (Wildman–Crippen LogP) is 3.07. The van der Waals surface area contributed by atoms with Crippen LogP contribution in [0.1, 0.15) is 50.7 Å². The second-order valence-electron chi connectivity index (χ2n) is 5.40. The standard InChI is InChI=1S/C15H24N2O/c1-12(16)15(14-8-5-9-17-10-14)18-11-13-6-3-2-4-7-13/h5,8-10,12-13,15H,2-4,6-7,11,16H2,1H3. The van der Waals surface area contributed by atoms with E-state index in [0.717, 1.165) is 18.1 Å². The second kappa shape index (κ2) is 6.86. The topological polar surface area (TPSA) is 48.1 Å². The average molecular weight is 248 g/mol. The first-order valence-electron chi connectivity index (χ1n) is 7.04. The summed E-state index contributed by atoms with van der Waals surface area (Å²) >= 11 is 0. The Balaban J connectivity index is 1.90. The van der Waals surface area contributed by atoms with E-state index >= 15 is 0 Å². The van der Waals surface area contributed by atoms with Crippen LogP contribution in [0.15, 0.2) is 24.5 Å². The molecule has 3 nitrogen and oxygen atoms in total. The minimum absolute atomic E-state index is 0.00205. The zero-order chi connectivity index (χ0) is 12.8. The summed E-state index contributed by atoms with van der Waals surface area (Å²) in [7, 11) is 0. The van der Waals surface area contributed by atoms with Gasteiger partial charge in [-0.1, -0.05) is 25.3 Å². The van der Waals surface area contributed by atoms with Crippen molar-refractivity contribution in [2.24, 2.45) is 11.7 Å². The van der Waals surface area contributed by atoms with Crippen LogP contribution in [-0.4, -0.2) is 17.6 Å². The monoisotopic (exact) mass is 248 g/mol. The van der Waals surface area contributed by atoms with Gasteiger partial charge >= 0.3 is 0 Å². The number of pyridine rings is 1. The second-order valence-corrected chi connectivity index (χ2v) is 5.40. The highest BCUT2D eigenvalue weighted by atomic mass is 16.5. The van der Waals surface area contributed by atoms with E-state index in [2.05, 4.69) is 4.98 Å². The minimum atomic E-state index is -0.0272. The molecule has 1 aromatic rings. The molecule has 1 saturated carbocycles. The van der Waals surface area contributed by atoms with Crippen LogP contribution in [0.5, 0.6) is 0 Å². The maximum absolute atomic E-state index is 6.06. The van der Waals surface area contributed by atoms with E-state index in [1.54, 1.807) is 6.20 Å². The number of nitrogens with zero attached hydrogens (tertiary/aromatic N) is 1. The Bertz CT molecular complexity index is 334. The Hall–Kier alpha value is -0.930. The van der Waals surface area contributed by atoms with Gasteiger partial charge < -0.3 is 10.5 Å². The highest BCUT2D eigenvalue weighted by Crippen LogP contribution is 2.27. The van der Waals surface area contributed by atoms with Crippen molar-refractivity contribution in [3.63, 3.8) is 0 Å². The van der Waals surface area contributed by atoms with Gasteiger partial charge in [0.2, 0.25) is 0 Å². The van der Waals surface area contributed by atoms with Crippen molar-refractivity contribution in [1.82, 2.24) is 4.98 Å². The van der Waals surface area contributed by atoms with Crippen molar-refractivity contribution in [2.45, 2.75) is 51.2 Å². The Morgan fingerprint density at radius 1 is 1.39 bits per heavy atom. The third kappa shape index (κ3) is 3.79. The van der Waals surface area contributed by atoms with Gasteiger partial charge in [0.1, 0.15) is 0 Å². The molecular formula is C15H24N2O. The molecule has 18 heavy (non-hydrogen) atoms. The van der Waals surface area contributed by atoms with Crippen molar-refractivity contribution >= 4 is 0 Å². The molecule has 0 aromatic carbocycles. The van der Waals surface area contributed by atoms with Crippen molar-refractivity contribution in [1.29, 1.82) is 0 Å². The molecule has 0 saturated heterocycles. The lowest BCUT2D eigenvalue weighted by Gasteiger charge is -2.26. The maximum atomic E-state index is 6.06. The zero-order valence-corrected chi connectivity index (χ0v) is 11.2. The molecule has 2 unspecified atom stereocenters. The lowest BCUT2D eigenvalue weighted by atomic mass is 9.90. The molecular weight excluding hydrogens is 224 g/mol. The molecule has 3 heteroatoms. The molecule has 1 aromatic heterocycles. The Morgan fingerprint density at radius 3 is 2.78 bits per heavy atom. The highest BCUT2D eigenvalue weighted by Gasteiger charge is 2.20. The van der Waals surface area contributed by atoms with Gasteiger partial charge in [0.05, 0.1) is 12.7 Å². The quantitative estimate of drug-likeness (QED) is 0.871. The molecule has 0 amide bonds. The Morgan fingerprint density at radius 2 is 2.17 bits per heavy atom. The SMILES string of the molecule is CC(N)C(OCC1CCCCC1)c1cccnc1. The van der Waals surface area contributed by atoms with E-state index in [1.807, 2.05) is 25.3 Å². The summed E-state index contributed by atoms with van der Waals surface area (Å²) < 4.78 is 6.06. The summed E-state index contributed by atoms with van der Waals surface area (Å²) in [4.78, 5) is 4.15. The molecule has 2 atom stereocenters. The van der Waals surface area contributed by atoms with Gasteiger partial charge in [0, 0.05) is 24.0 Å². The van der Waals surface area contributed by atoms with Crippen LogP contribution in [0.4, 0.5) is 0 Å². The first kappa shape index (κ1) is 13.5. The van der Waals surface area contributed by atoms with Gasteiger partial charge in [0.15, 0.2) is 0 Å². The van der Waals surface area contributed by atoms with E-state index in [9.17, 15) is 0 Å². The number of aromatic nitrogens is 1. The largest absolute Gasteiger partial charge is 0.372 e. The van der Waals surface area contributed by atoms with E-state index in [4.69, 9.17) is 10.5 Å². The summed E-state index contributed by atoms with van der Waals surface area (Å²) in [5.41, 5.74) is 7.12. The van der Waals surface area contributed by atoms with Crippen LogP contribution < -0.4 is 5.73 Å². The highest BCUT2D eigenvalue weighted by molar-refractivity contribution is 5.13. The minimum Gasteiger partial charge on any atom is -0.372 e. The van der Waals surface area contributed by atoms with E-state index in [1.165, 1.54) is 32.1 Å². The van der Waals surface area contributed by atoms with Gasteiger partial charge in [-0.25, -0.2) is 0 Å². The van der Waals surface area contributed by atoms with Crippen LogP contribution in [0, 0.1) is 5.92 Å². The van der Waals surface area contributed by atoms with Crippen LogP contribution in [0.2, 0.25) is 0 Å². The molecule has 2 N–H and O–H groups in total. The fourth-order valence-corrected chi connectivity index (χ4v) is 2.69. The van der Waals surface area contributed by atoms with Crippen molar-refractivity contribution in [3.8, 4) is 0 Å². The molecule has 1 fully saturated rings. The molecule has 0 radical (unpaired) electrons. The van der Waals surface area contributed by atoms with E-state index in [-0.39, 0.29) is 12.1 Å². The van der Waals surface area contributed by atoms with Gasteiger partial charge in [-0.15, -0.1) is 0 Å². The van der Waals surface area contributed by atoms with Crippen LogP contribution in [-0.2, 0) is 4.74 Å². The van der Waals surface area contributed by atoms with E-state index in [0.29, 0.717) is 0 Å². The summed E-state index contributed by atoms with van der Waals surface area (Å²) in [5.74, 6) is 0.719. The van der Waals surface area contributed by atoms with Gasteiger partial charge in [-0.3, -0.25) is 4.98 Å². The van der Waals surface area contributed by atoms with Crippen molar-refractivity contribution < 1.29 is 4.74 Å². The molecule has 0 aliphatic heterocycles. The normalized spacial score (nSPS) is 20.6. The Kier molecular flexibility index (Phi) is 5.14. The number of hydrogen-bond acceptors (Lipinski definition) is 3. The fourth-order valence-electron chi connectivity index (χ4n) is 2.69. The number of hydrogen-bond donors (Lipinski definition) is 1. The summed E-state index contributed by atoms with van der Waals surface area (Å²) in [5, 5.41) is 0. The third-order valence-electron chi connectivity index (χ3n) is 3.73. The lowest BCUT2D eigenvalue weighted by Crippen LogP contribution is -2.29. The van der Waals surface area contributed by atoms with Crippen molar-refractivity contribution in [2.75, 3.05) is 6.61 Å². The number of rotatable bonds is 5. The summed E-state index contributed by atoms with van der Waals surface area (Å²) in [6.07, 6.45) is 10.3. The fraction of sp³-hybridized carbons (Fsp3) is 0.667. The number of nitrogens with two attached hydrogens (primary N) is 1. The first-order valence-corrected chi connectivity index (χ1v) is 7.04. The summed E-state index contributed by atoms with van der Waals surface area (Å²) in [6.45, 7) is 2.83. The maximum Gasteiger partial charge on any atom is 0.0987 e. The average Bonchev–Trinajstić information content (AvgIpc) is 2.41. The van der Waals surface area contributed by atoms with Gasteiger partial charge in [-0.05, 0) is 31.7 Å². The lowest BCUT2D eigenvalue weighted by molar-refractivity contribution is 0.00805. The first-order chi connectivity index (χ1) is 8.77. The Labute approximate surface area is 110 Å². The van der Waals surface area contributed by atoms with Gasteiger partial charge in [-0.2, -0.15) is 0 Å². The predicted molar refractivity (Wildman–Crippen MR) is 73.2 cm³/mol. The van der Waals surface area contributed by atoms with E-state index < -0.39 is 0 Å². The van der Waals surface area contributed by atoms with Crippen LogP contribution >= 0.6 is 0 Å².